The summed E-state index contributed by atoms with van der Waals surface area (Å²) in [6, 6.07) is 21.7. The number of hydrogen-bond donors (Lipinski definition) is 0. The second kappa shape index (κ2) is 11.7. The molecule has 0 aliphatic carbocycles. The fraction of sp³-hybridized carbons (Fsp3) is 0.250. The van der Waals surface area contributed by atoms with Crippen LogP contribution in [0.3, 0.4) is 0 Å². The predicted molar refractivity (Wildman–Crippen MR) is 178 cm³/mol. The van der Waals surface area contributed by atoms with Gasteiger partial charge in [-0.3, -0.25) is 9.36 Å². The van der Waals surface area contributed by atoms with Gasteiger partial charge in [-0.15, -0.1) is 0 Å². The summed E-state index contributed by atoms with van der Waals surface area (Å²) < 4.78 is 9.62. The number of carbonyl (C=O) groups is 1. The summed E-state index contributed by atoms with van der Waals surface area (Å²) in [6.45, 7) is 10.8. The van der Waals surface area contributed by atoms with E-state index in [2.05, 4.69) is 62.6 Å². The molecule has 5 aromatic rings. The van der Waals surface area contributed by atoms with Crippen LogP contribution in [0.15, 0.2) is 87.8 Å². The van der Waals surface area contributed by atoms with Crippen LogP contribution in [-0.2, 0) is 16.1 Å². The number of carbonyl (C=O) groups excluding carboxylic acids is 1. The Hall–Kier alpha value is -4.20. The summed E-state index contributed by atoms with van der Waals surface area (Å²) in [5, 5.41) is 1.78. The molecule has 0 bridgehead atoms. The summed E-state index contributed by atoms with van der Waals surface area (Å²) in [6.07, 6.45) is 1.97. The molecule has 6 rings (SSSR count). The van der Waals surface area contributed by atoms with E-state index < -0.39 is 12.0 Å². The Balaban J connectivity index is 1.56. The SMILES string of the molecule is COC(=O)C1=C(C)N=c2s/c(=C\c3c(C)n(Cc4ccccc4Cl)c4ccc(C)cc34)c(=O)n2[C@H]1c1ccc(C(C)C)cc1. The number of aryl methyl sites for hydroxylation is 1. The van der Waals surface area contributed by atoms with E-state index >= 15 is 0 Å². The van der Waals surface area contributed by atoms with Gasteiger partial charge in [0.05, 0.1) is 29.0 Å². The first-order valence-corrected chi connectivity index (χ1v) is 15.8. The number of benzene rings is 3. The van der Waals surface area contributed by atoms with Gasteiger partial charge in [0.25, 0.3) is 5.56 Å². The molecule has 0 N–H and O–H groups in total. The molecule has 1 aliphatic heterocycles. The highest BCUT2D eigenvalue weighted by atomic mass is 35.5. The third kappa shape index (κ3) is 5.14. The van der Waals surface area contributed by atoms with Crippen molar-refractivity contribution in [1.29, 1.82) is 0 Å². The number of hydrogen-bond acceptors (Lipinski definition) is 5. The third-order valence-corrected chi connectivity index (χ3v) is 9.79. The average Bonchev–Trinajstić information content (AvgIpc) is 3.45. The van der Waals surface area contributed by atoms with Crippen LogP contribution in [0.4, 0.5) is 0 Å². The van der Waals surface area contributed by atoms with Crippen LogP contribution in [0.5, 0.6) is 0 Å². The van der Waals surface area contributed by atoms with E-state index in [1.54, 1.807) is 11.5 Å². The number of rotatable bonds is 6. The second-order valence-electron chi connectivity index (χ2n) is 11.6. The summed E-state index contributed by atoms with van der Waals surface area (Å²) in [5.74, 6) is -0.136. The number of esters is 1. The molecule has 44 heavy (non-hydrogen) atoms. The molecule has 0 saturated heterocycles. The topological polar surface area (TPSA) is 65.6 Å². The van der Waals surface area contributed by atoms with Crippen molar-refractivity contribution in [2.45, 2.75) is 53.1 Å². The molecule has 0 spiro atoms. The predicted octanol–water partition coefficient (Wildman–Crippen LogP) is 6.80. The summed E-state index contributed by atoms with van der Waals surface area (Å²) in [7, 11) is 1.36. The first-order valence-electron chi connectivity index (χ1n) is 14.6. The zero-order chi connectivity index (χ0) is 31.3. The normalized spacial score (nSPS) is 15.2. The lowest BCUT2D eigenvalue weighted by atomic mass is 9.93. The highest BCUT2D eigenvalue weighted by Gasteiger charge is 2.33. The van der Waals surface area contributed by atoms with Crippen molar-refractivity contribution in [3.8, 4) is 0 Å². The van der Waals surface area contributed by atoms with Crippen LogP contribution in [-0.4, -0.2) is 22.2 Å². The van der Waals surface area contributed by atoms with E-state index in [9.17, 15) is 9.59 Å². The molecule has 3 heterocycles. The van der Waals surface area contributed by atoms with Crippen molar-refractivity contribution in [3.05, 3.63) is 136 Å². The summed E-state index contributed by atoms with van der Waals surface area (Å²) in [5.41, 5.74) is 7.96. The summed E-state index contributed by atoms with van der Waals surface area (Å²) in [4.78, 5) is 32.6. The Kier molecular flexibility index (Phi) is 7.95. The van der Waals surface area contributed by atoms with Gasteiger partial charge < -0.3 is 9.30 Å². The van der Waals surface area contributed by atoms with Gasteiger partial charge in [0, 0.05) is 33.7 Å². The van der Waals surface area contributed by atoms with Crippen LogP contribution in [0, 0.1) is 13.8 Å². The van der Waals surface area contributed by atoms with E-state index in [0.29, 0.717) is 38.1 Å². The molecule has 0 radical (unpaired) electrons. The first kappa shape index (κ1) is 29.9. The van der Waals surface area contributed by atoms with Crippen molar-refractivity contribution in [1.82, 2.24) is 9.13 Å². The van der Waals surface area contributed by atoms with Gasteiger partial charge >= 0.3 is 5.97 Å². The third-order valence-electron chi connectivity index (χ3n) is 8.44. The highest BCUT2D eigenvalue weighted by Crippen LogP contribution is 2.32. The largest absolute Gasteiger partial charge is 0.466 e. The monoisotopic (exact) mass is 623 g/mol. The number of aromatic nitrogens is 2. The lowest BCUT2D eigenvalue weighted by molar-refractivity contribution is -0.136. The quantitative estimate of drug-likeness (QED) is 0.195. The van der Waals surface area contributed by atoms with Crippen molar-refractivity contribution in [3.63, 3.8) is 0 Å². The van der Waals surface area contributed by atoms with Crippen molar-refractivity contribution in [2.75, 3.05) is 7.11 Å². The number of nitrogens with zero attached hydrogens (tertiary/aromatic N) is 3. The van der Waals surface area contributed by atoms with Crippen LogP contribution in [0.2, 0.25) is 5.02 Å². The van der Waals surface area contributed by atoms with Crippen LogP contribution in [0.25, 0.3) is 17.0 Å². The van der Waals surface area contributed by atoms with Gasteiger partial charge in [-0.05, 0) is 67.7 Å². The van der Waals surface area contributed by atoms with Gasteiger partial charge in [0.1, 0.15) is 0 Å². The number of allylic oxidation sites excluding steroid dienone is 1. The number of thiazole rings is 1. The Morgan fingerprint density at radius 3 is 2.48 bits per heavy atom. The fourth-order valence-electron chi connectivity index (χ4n) is 6.01. The smallest absolute Gasteiger partial charge is 0.338 e. The molecule has 224 valence electrons. The van der Waals surface area contributed by atoms with Gasteiger partial charge in [-0.25, -0.2) is 9.79 Å². The first-order chi connectivity index (χ1) is 21.1. The molecule has 0 unspecified atom stereocenters. The second-order valence-corrected chi connectivity index (χ2v) is 13.0. The Morgan fingerprint density at radius 2 is 1.80 bits per heavy atom. The minimum absolute atomic E-state index is 0.195. The Labute approximate surface area is 265 Å². The van der Waals surface area contributed by atoms with Crippen molar-refractivity contribution < 1.29 is 9.53 Å². The highest BCUT2D eigenvalue weighted by molar-refractivity contribution is 7.07. The van der Waals surface area contributed by atoms with E-state index in [1.807, 2.05) is 42.5 Å². The molecule has 0 saturated carbocycles. The number of ether oxygens (including phenoxy) is 1. The van der Waals surface area contributed by atoms with E-state index in [-0.39, 0.29) is 5.56 Å². The Bertz CT molecular complexity index is 2150. The fourth-order valence-corrected chi connectivity index (χ4v) is 7.23. The van der Waals surface area contributed by atoms with Crippen LogP contribution >= 0.6 is 22.9 Å². The number of halogens is 1. The standard InChI is InChI=1S/C36H34ClN3O3S/c1-20(2)24-12-14-25(15-13-24)33-32(35(42)43-6)22(4)38-36-40(33)34(41)31(44-36)18-27-23(5)39(19-26-9-7-8-10-29(26)37)30-16-11-21(3)17-28(27)30/h7-18,20,33H,19H2,1-6H3/b31-18-/t33-/m0/s1. The molecule has 0 amide bonds. The molecule has 6 nitrogen and oxygen atoms in total. The summed E-state index contributed by atoms with van der Waals surface area (Å²) >= 11 is 7.89. The average molecular weight is 624 g/mol. The maximum atomic E-state index is 14.3. The maximum Gasteiger partial charge on any atom is 0.338 e. The maximum absolute atomic E-state index is 14.3. The molecular weight excluding hydrogens is 590 g/mol. The van der Waals surface area contributed by atoms with Crippen LogP contribution < -0.4 is 14.9 Å². The van der Waals surface area contributed by atoms with Crippen molar-refractivity contribution >= 4 is 45.9 Å². The molecule has 1 atom stereocenters. The van der Waals surface area contributed by atoms with E-state index in [1.165, 1.54) is 24.0 Å². The molecule has 1 aliphatic rings. The van der Waals surface area contributed by atoms with E-state index in [0.717, 1.165) is 38.9 Å². The zero-order valence-electron chi connectivity index (χ0n) is 25.6. The molecule has 3 aromatic carbocycles. The molecule has 0 fully saturated rings. The molecular formula is C36H34ClN3O3S. The van der Waals surface area contributed by atoms with Crippen molar-refractivity contribution in [2.24, 2.45) is 4.99 Å². The van der Waals surface area contributed by atoms with Gasteiger partial charge in [-0.2, -0.15) is 0 Å². The van der Waals surface area contributed by atoms with Gasteiger partial charge in [-0.1, -0.05) is 90.9 Å². The zero-order valence-corrected chi connectivity index (χ0v) is 27.2. The minimum atomic E-state index is -0.646. The molecule has 8 heteroatoms. The minimum Gasteiger partial charge on any atom is -0.466 e. The lowest BCUT2D eigenvalue weighted by Crippen LogP contribution is -2.39. The number of methoxy groups -OCH3 is 1. The lowest BCUT2D eigenvalue weighted by Gasteiger charge is -2.24. The molecule has 2 aromatic heterocycles. The van der Waals surface area contributed by atoms with Crippen LogP contribution in [0.1, 0.15) is 66.2 Å². The number of fused-ring (bicyclic) bond motifs is 2. The Morgan fingerprint density at radius 1 is 1.07 bits per heavy atom. The van der Waals surface area contributed by atoms with Gasteiger partial charge in [0.2, 0.25) is 0 Å². The van der Waals surface area contributed by atoms with Gasteiger partial charge in [0.15, 0.2) is 4.80 Å². The van der Waals surface area contributed by atoms with E-state index in [4.69, 9.17) is 21.3 Å².